The fourth-order valence-electron chi connectivity index (χ4n) is 4.92. The highest BCUT2D eigenvalue weighted by Gasteiger charge is 2.35. The van der Waals surface area contributed by atoms with Crippen LogP contribution in [-0.2, 0) is 0 Å². The van der Waals surface area contributed by atoms with Crippen molar-refractivity contribution < 1.29 is 4.39 Å². The molecule has 0 radical (unpaired) electrons. The van der Waals surface area contributed by atoms with E-state index in [2.05, 4.69) is 6.92 Å². The molecule has 0 unspecified atom stereocenters. The Kier molecular flexibility index (Phi) is 5.36. The van der Waals surface area contributed by atoms with Crippen LogP contribution in [0.5, 0.6) is 0 Å². The van der Waals surface area contributed by atoms with E-state index in [0.29, 0.717) is 5.92 Å². The highest BCUT2D eigenvalue weighted by atomic mass is 19.1. The quantitative estimate of drug-likeness (QED) is 0.650. The van der Waals surface area contributed by atoms with Gasteiger partial charge in [0, 0.05) is 0 Å². The lowest BCUT2D eigenvalue weighted by atomic mass is 9.63. The van der Waals surface area contributed by atoms with Crippen molar-refractivity contribution in [2.45, 2.75) is 70.6 Å². The molecule has 23 heavy (non-hydrogen) atoms. The van der Waals surface area contributed by atoms with E-state index in [9.17, 15) is 4.39 Å². The van der Waals surface area contributed by atoms with Crippen molar-refractivity contribution in [3.05, 3.63) is 35.1 Å². The Morgan fingerprint density at radius 1 is 1.13 bits per heavy atom. The zero-order valence-electron chi connectivity index (χ0n) is 14.2. The van der Waals surface area contributed by atoms with E-state index >= 15 is 0 Å². The van der Waals surface area contributed by atoms with Crippen LogP contribution in [0.15, 0.2) is 18.2 Å². The van der Waals surface area contributed by atoms with E-state index in [0.717, 1.165) is 23.3 Å². The molecule has 0 bridgehead atoms. The minimum atomic E-state index is -0.351. The summed E-state index contributed by atoms with van der Waals surface area (Å²) in [4.78, 5) is 0. The summed E-state index contributed by atoms with van der Waals surface area (Å²) < 4.78 is 13.9. The average molecular weight is 313 g/mol. The van der Waals surface area contributed by atoms with Crippen LogP contribution in [0, 0.1) is 34.9 Å². The molecule has 124 valence electrons. The monoisotopic (exact) mass is 313 g/mol. The first-order valence-electron chi connectivity index (χ1n) is 9.40. The van der Waals surface area contributed by atoms with Crippen LogP contribution in [0.2, 0.25) is 0 Å². The first-order valence-corrected chi connectivity index (χ1v) is 9.40. The summed E-state index contributed by atoms with van der Waals surface area (Å²) in [5.41, 5.74) is 1.27. The van der Waals surface area contributed by atoms with Crippen LogP contribution >= 0.6 is 0 Å². The van der Waals surface area contributed by atoms with Crippen LogP contribution in [0.3, 0.4) is 0 Å². The molecule has 0 saturated heterocycles. The van der Waals surface area contributed by atoms with E-state index in [1.165, 1.54) is 57.8 Å². The number of hydrogen-bond donors (Lipinski definition) is 0. The van der Waals surface area contributed by atoms with Gasteiger partial charge in [0.15, 0.2) is 0 Å². The van der Waals surface area contributed by atoms with Gasteiger partial charge in [-0.25, -0.2) is 4.39 Å². The topological polar surface area (TPSA) is 23.8 Å². The lowest BCUT2D eigenvalue weighted by Gasteiger charge is -2.42. The minimum Gasteiger partial charge on any atom is -0.206 e. The lowest BCUT2D eigenvalue weighted by Crippen LogP contribution is -2.30. The zero-order chi connectivity index (χ0) is 16.2. The van der Waals surface area contributed by atoms with E-state index in [1.54, 1.807) is 12.1 Å². The summed E-state index contributed by atoms with van der Waals surface area (Å²) in [6.07, 6.45) is 12.0. The maximum absolute atomic E-state index is 13.9. The van der Waals surface area contributed by atoms with Crippen molar-refractivity contribution in [3.8, 4) is 6.07 Å². The molecule has 2 aliphatic carbocycles. The second kappa shape index (κ2) is 7.47. The molecule has 0 spiro atoms. The number of nitrogens with zero attached hydrogens (tertiary/aromatic N) is 1. The van der Waals surface area contributed by atoms with Gasteiger partial charge in [0.25, 0.3) is 0 Å². The van der Waals surface area contributed by atoms with E-state index in [-0.39, 0.29) is 11.4 Å². The van der Waals surface area contributed by atoms with Gasteiger partial charge in [0.2, 0.25) is 0 Å². The number of halogens is 1. The SMILES string of the molecule is CCCC[C@@H]1CC[C@@H]2C[C@H](c3ccc(C#N)c(F)c3)CC[C@@H]2C1. The minimum absolute atomic E-state index is 0.166. The fourth-order valence-corrected chi connectivity index (χ4v) is 4.92. The molecule has 0 amide bonds. The van der Waals surface area contributed by atoms with Crippen molar-refractivity contribution in [1.29, 1.82) is 5.26 Å². The van der Waals surface area contributed by atoms with Crippen LogP contribution < -0.4 is 0 Å². The molecule has 4 atom stereocenters. The van der Waals surface area contributed by atoms with Gasteiger partial charge >= 0.3 is 0 Å². The van der Waals surface area contributed by atoms with E-state index in [1.807, 2.05) is 12.1 Å². The second-order valence-corrected chi connectivity index (χ2v) is 7.70. The molecule has 1 aromatic carbocycles. The van der Waals surface area contributed by atoms with Gasteiger partial charge in [0.1, 0.15) is 11.9 Å². The van der Waals surface area contributed by atoms with Crippen LogP contribution in [0.25, 0.3) is 0 Å². The lowest BCUT2D eigenvalue weighted by molar-refractivity contribution is 0.113. The highest BCUT2D eigenvalue weighted by Crippen LogP contribution is 2.48. The molecule has 0 aliphatic heterocycles. The smallest absolute Gasteiger partial charge is 0.141 e. The van der Waals surface area contributed by atoms with Crippen LogP contribution in [0.1, 0.15) is 81.8 Å². The standard InChI is InChI=1S/C21H28FN/c1-2-3-4-15-5-6-17-12-18(8-7-16(17)11-15)19-9-10-20(14-23)21(22)13-19/h9-10,13,15-18H,2-8,11-12H2,1H3/t15-,16-,17-,18-/m1/s1. The number of nitriles is 1. The summed E-state index contributed by atoms with van der Waals surface area (Å²) in [6, 6.07) is 7.15. The summed E-state index contributed by atoms with van der Waals surface area (Å²) in [7, 11) is 0. The highest BCUT2D eigenvalue weighted by molar-refractivity contribution is 5.35. The van der Waals surface area contributed by atoms with Gasteiger partial charge in [-0.3, -0.25) is 0 Å². The molecular formula is C21H28FN. The molecular weight excluding hydrogens is 285 g/mol. The number of fused-ring (bicyclic) bond motifs is 1. The Hall–Kier alpha value is -1.36. The molecule has 0 N–H and O–H groups in total. The second-order valence-electron chi connectivity index (χ2n) is 7.70. The van der Waals surface area contributed by atoms with Gasteiger partial charge < -0.3 is 0 Å². The molecule has 1 aromatic rings. The molecule has 2 saturated carbocycles. The van der Waals surface area contributed by atoms with Gasteiger partial charge in [0.05, 0.1) is 5.56 Å². The van der Waals surface area contributed by atoms with Crippen LogP contribution in [-0.4, -0.2) is 0 Å². The average Bonchev–Trinajstić information content (AvgIpc) is 2.59. The van der Waals surface area contributed by atoms with E-state index in [4.69, 9.17) is 5.26 Å². The normalized spacial score (nSPS) is 30.5. The van der Waals surface area contributed by atoms with E-state index < -0.39 is 0 Å². The Balaban J connectivity index is 1.61. The Morgan fingerprint density at radius 3 is 2.65 bits per heavy atom. The molecule has 2 fully saturated rings. The maximum Gasteiger partial charge on any atom is 0.141 e. The molecule has 0 aromatic heterocycles. The summed E-state index contributed by atoms with van der Waals surface area (Å²) >= 11 is 0. The summed E-state index contributed by atoms with van der Waals surface area (Å²) in [5, 5.41) is 8.87. The van der Waals surface area contributed by atoms with Crippen LogP contribution in [0.4, 0.5) is 4.39 Å². The molecule has 1 nitrogen and oxygen atoms in total. The van der Waals surface area contributed by atoms with Gasteiger partial charge in [-0.15, -0.1) is 0 Å². The number of unbranched alkanes of at least 4 members (excludes halogenated alkanes) is 1. The van der Waals surface area contributed by atoms with Crippen molar-refractivity contribution in [2.24, 2.45) is 17.8 Å². The van der Waals surface area contributed by atoms with Gasteiger partial charge in [-0.2, -0.15) is 5.26 Å². The Bertz CT molecular complexity index is 574. The van der Waals surface area contributed by atoms with Gasteiger partial charge in [-0.05, 0) is 73.5 Å². The van der Waals surface area contributed by atoms with Gasteiger partial charge in [-0.1, -0.05) is 38.7 Å². The molecule has 2 heteroatoms. The van der Waals surface area contributed by atoms with Crippen molar-refractivity contribution in [2.75, 3.05) is 0 Å². The number of rotatable bonds is 4. The summed E-state index contributed by atoms with van der Waals surface area (Å²) in [5.74, 6) is 2.84. The molecule has 2 aliphatic rings. The Labute approximate surface area is 139 Å². The van der Waals surface area contributed by atoms with Crippen molar-refractivity contribution >= 4 is 0 Å². The number of benzene rings is 1. The largest absolute Gasteiger partial charge is 0.206 e. The van der Waals surface area contributed by atoms with Crippen molar-refractivity contribution in [3.63, 3.8) is 0 Å². The zero-order valence-corrected chi connectivity index (χ0v) is 14.2. The Morgan fingerprint density at radius 2 is 1.91 bits per heavy atom. The molecule has 0 heterocycles. The predicted octanol–water partition coefficient (Wildman–Crippen LogP) is 6.19. The third-order valence-electron chi connectivity index (χ3n) is 6.27. The first-order chi connectivity index (χ1) is 11.2. The third kappa shape index (κ3) is 3.77. The summed E-state index contributed by atoms with van der Waals surface area (Å²) in [6.45, 7) is 2.29. The molecule has 3 rings (SSSR count). The fraction of sp³-hybridized carbons (Fsp3) is 0.667. The maximum atomic E-state index is 13.9. The first kappa shape index (κ1) is 16.5. The van der Waals surface area contributed by atoms with Crippen molar-refractivity contribution in [1.82, 2.24) is 0 Å². The third-order valence-corrected chi connectivity index (χ3v) is 6.27. The predicted molar refractivity (Wildman–Crippen MR) is 91.6 cm³/mol. The number of hydrogen-bond acceptors (Lipinski definition) is 1.